The van der Waals surface area contributed by atoms with E-state index in [0.29, 0.717) is 6.04 Å². The van der Waals surface area contributed by atoms with Gasteiger partial charge < -0.3 is 16.2 Å². The van der Waals surface area contributed by atoms with Crippen LogP contribution < -0.4 is 11.5 Å². The van der Waals surface area contributed by atoms with Crippen LogP contribution in [-0.4, -0.2) is 37.7 Å². The number of rotatable bonds is 2. The molecule has 1 atom stereocenters. The largest absolute Gasteiger partial charge is 0.398 e. The molecule has 0 spiro atoms. The first-order valence-electron chi connectivity index (χ1n) is 5.59. The predicted octanol–water partition coefficient (Wildman–Crippen LogP) is 0.724. The lowest BCUT2D eigenvalue weighted by atomic mass is 10.0. The third-order valence-electron chi connectivity index (χ3n) is 3.21. The Labute approximate surface area is 96.2 Å². The maximum Gasteiger partial charge on any atom is 0.0625 e. The van der Waals surface area contributed by atoms with Gasteiger partial charge in [0.05, 0.1) is 13.2 Å². The van der Waals surface area contributed by atoms with Gasteiger partial charge in [0.2, 0.25) is 0 Å². The molecule has 2 rings (SSSR count). The van der Waals surface area contributed by atoms with Gasteiger partial charge in [-0.15, -0.1) is 0 Å². The number of benzene rings is 1. The van der Waals surface area contributed by atoms with Gasteiger partial charge >= 0.3 is 0 Å². The minimum absolute atomic E-state index is 0.376. The Morgan fingerprint density at radius 1 is 1.38 bits per heavy atom. The summed E-state index contributed by atoms with van der Waals surface area (Å²) in [5.41, 5.74) is 14.5. The Kier molecular flexibility index (Phi) is 3.31. The highest BCUT2D eigenvalue weighted by Crippen LogP contribution is 2.22. The normalized spacial score (nSPS) is 22.2. The van der Waals surface area contributed by atoms with Gasteiger partial charge in [-0.3, -0.25) is 4.90 Å². The standard InChI is InChI=1S/C12H19N3O/c1-15-5-6-16-8-9(15)7-10-11(13)3-2-4-12(10)14/h2-4,9H,5-8,13-14H2,1H3. The number of ether oxygens (including phenoxy) is 1. The number of nitrogens with two attached hydrogens (primary N) is 2. The number of anilines is 2. The predicted molar refractivity (Wildman–Crippen MR) is 66.2 cm³/mol. The molecule has 88 valence electrons. The van der Waals surface area contributed by atoms with E-state index in [1.54, 1.807) is 0 Å². The van der Waals surface area contributed by atoms with E-state index in [2.05, 4.69) is 11.9 Å². The maximum absolute atomic E-state index is 5.94. The van der Waals surface area contributed by atoms with Crippen LogP contribution in [0.5, 0.6) is 0 Å². The van der Waals surface area contributed by atoms with Crippen LogP contribution in [0.3, 0.4) is 0 Å². The topological polar surface area (TPSA) is 64.5 Å². The molecule has 4 N–H and O–H groups in total. The minimum Gasteiger partial charge on any atom is -0.398 e. The smallest absolute Gasteiger partial charge is 0.0625 e. The maximum atomic E-state index is 5.94. The van der Waals surface area contributed by atoms with Crippen molar-refractivity contribution in [3.05, 3.63) is 23.8 Å². The highest BCUT2D eigenvalue weighted by Gasteiger charge is 2.21. The van der Waals surface area contributed by atoms with E-state index in [4.69, 9.17) is 16.2 Å². The van der Waals surface area contributed by atoms with Gasteiger partial charge in [-0.1, -0.05) is 6.07 Å². The zero-order valence-electron chi connectivity index (χ0n) is 9.65. The zero-order valence-corrected chi connectivity index (χ0v) is 9.65. The minimum atomic E-state index is 0.376. The van der Waals surface area contributed by atoms with Crippen LogP contribution in [0, 0.1) is 0 Å². The van der Waals surface area contributed by atoms with Gasteiger partial charge in [0, 0.05) is 24.0 Å². The van der Waals surface area contributed by atoms with E-state index < -0.39 is 0 Å². The second kappa shape index (κ2) is 4.72. The van der Waals surface area contributed by atoms with Crippen molar-refractivity contribution < 1.29 is 4.74 Å². The molecular weight excluding hydrogens is 202 g/mol. The Morgan fingerprint density at radius 2 is 2.06 bits per heavy atom. The van der Waals surface area contributed by atoms with Crippen molar-refractivity contribution in [1.82, 2.24) is 4.90 Å². The van der Waals surface area contributed by atoms with Gasteiger partial charge in [0.25, 0.3) is 0 Å². The molecule has 1 aromatic rings. The summed E-state index contributed by atoms with van der Waals surface area (Å²) in [5, 5.41) is 0. The molecule has 0 amide bonds. The average molecular weight is 221 g/mol. The summed E-state index contributed by atoms with van der Waals surface area (Å²) in [6, 6.07) is 6.06. The average Bonchev–Trinajstić information content (AvgIpc) is 2.26. The molecule has 0 aromatic heterocycles. The Bertz CT molecular complexity index is 347. The van der Waals surface area contributed by atoms with Crippen molar-refractivity contribution in [2.24, 2.45) is 0 Å². The van der Waals surface area contributed by atoms with Gasteiger partial charge in [-0.05, 0) is 31.2 Å². The highest BCUT2D eigenvalue weighted by molar-refractivity contribution is 5.61. The van der Waals surface area contributed by atoms with Crippen LogP contribution in [0.1, 0.15) is 5.56 Å². The molecule has 1 unspecified atom stereocenters. The third-order valence-corrected chi connectivity index (χ3v) is 3.21. The van der Waals surface area contributed by atoms with Gasteiger partial charge in [-0.25, -0.2) is 0 Å². The number of hydrogen-bond donors (Lipinski definition) is 2. The quantitative estimate of drug-likeness (QED) is 0.722. The van der Waals surface area contributed by atoms with Crippen molar-refractivity contribution in [3.8, 4) is 0 Å². The summed E-state index contributed by atoms with van der Waals surface area (Å²) in [5.74, 6) is 0. The van der Waals surface area contributed by atoms with E-state index in [-0.39, 0.29) is 0 Å². The van der Waals surface area contributed by atoms with E-state index in [1.165, 1.54) is 0 Å². The van der Waals surface area contributed by atoms with Crippen LogP contribution in [0.2, 0.25) is 0 Å². The fourth-order valence-electron chi connectivity index (χ4n) is 2.05. The van der Waals surface area contributed by atoms with Gasteiger partial charge in [0.15, 0.2) is 0 Å². The molecule has 1 heterocycles. The van der Waals surface area contributed by atoms with E-state index >= 15 is 0 Å². The summed E-state index contributed by atoms with van der Waals surface area (Å²) in [4.78, 5) is 2.30. The first-order chi connectivity index (χ1) is 7.68. The van der Waals surface area contributed by atoms with Crippen molar-refractivity contribution in [2.45, 2.75) is 12.5 Å². The second-order valence-electron chi connectivity index (χ2n) is 4.33. The first kappa shape index (κ1) is 11.2. The van der Waals surface area contributed by atoms with E-state index in [1.807, 2.05) is 18.2 Å². The number of nitrogen functional groups attached to an aromatic ring is 2. The second-order valence-corrected chi connectivity index (χ2v) is 4.33. The van der Waals surface area contributed by atoms with Crippen LogP contribution in [0.15, 0.2) is 18.2 Å². The van der Waals surface area contributed by atoms with Crippen molar-refractivity contribution in [1.29, 1.82) is 0 Å². The van der Waals surface area contributed by atoms with Crippen molar-refractivity contribution in [3.63, 3.8) is 0 Å². The van der Waals surface area contributed by atoms with Crippen molar-refractivity contribution in [2.75, 3.05) is 38.3 Å². The van der Waals surface area contributed by atoms with Crippen LogP contribution in [0.4, 0.5) is 11.4 Å². The van der Waals surface area contributed by atoms with Crippen molar-refractivity contribution >= 4 is 11.4 Å². The lowest BCUT2D eigenvalue weighted by Crippen LogP contribution is -2.44. The molecule has 1 saturated heterocycles. The lowest BCUT2D eigenvalue weighted by molar-refractivity contribution is 0.00635. The Balaban J connectivity index is 2.13. The van der Waals surface area contributed by atoms with Crippen LogP contribution in [-0.2, 0) is 11.2 Å². The highest BCUT2D eigenvalue weighted by atomic mass is 16.5. The van der Waals surface area contributed by atoms with E-state index in [0.717, 1.165) is 43.1 Å². The fraction of sp³-hybridized carbons (Fsp3) is 0.500. The van der Waals surface area contributed by atoms with Crippen LogP contribution in [0.25, 0.3) is 0 Å². The summed E-state index contributed by atoms with van der Waals surface area (Å²) < 4.78 is 5.48. The SMILES string of the molecule is CN1CCOCC1Cc1c(N)cccc1N. The molecule has 0 radical (unpaired) electrons. The molecule has 1 aliphatic heterocycles. The molecule has 1 fully saturated rings. The molecule has 0 saturated carbocycles. The zero-order chi connectivity index (χ0) is 11.5. The molecule has 1 aliphatic rings. The number of nitrogens with zero attached hydrogens (tertiary/aromatic N) is 1. The lowest BCUT2D eigenvalue weighted by Gasteiger charge is -2.32. The summed E-state index contributed by atoms with van der Waals surface area (Å²) in [6.45, 7) is 2.54. The monoisotopic (exact) mass is 221 g/mol. The molecular formula is C12H19N3O. The molecule has 0 aliphatic carbocycles. The van der Waals surface area contributed by atoms with E-state index in [9.17, 15) is 0 Å². The molecule has 16 heavy (non-hydrogen) atoms. The molecule has 1 aromatic carbocycles. The summed E-state index contributed by atoms with van der Waals surface area (Å²) >= 11 is 0. The first-order valence-corrected chi connectivity index (χ1v) is 5.59. The number of likely N-dealkylation sites (N-methyl/N-ethyl adjacent to an activating group) is 1. The number of hydrogen-bond acceptors (Lipinski definition) is 4. The van der Waals surface area contributed by atoms with Crippen LogP contribution >= 0.6 is 0 Å². The fourth-order valence-corrected chi connectivity index (χ4v) is 2.05. The molecule has 0 bridgehead atoms. The van der Waals surface area contributed by atoms with Gasteiger partial charge in [0.1, 0.15) is 0 Å². The Hall–Kier alpha value is -1.26. The summed E-state index contributed by atoms with van der Waals surface area (Å²) in [7, 11) is 2.11. The molecule has 4 heteroatoms. The molecule has 4 nitrogen and oxygen atoms in total. The summed E-state index contributed by atoms with van der Waals surface area (Å²) in [6.07, 6.45) is 0.856. The van der Waals surface area contributed by atoms with Gasteiger partial charge in [-0.2, -0.15) is 0 Å². The third kappa shape index (κ3) is 2.28. The Morgan fingerprint density at radius 3 is 2.69 bits per heavy atom. The number of morpholine rings is 1.